The van der Waals surface area contributed by atoms with Crippen LogP contribution in [0.5, 0.6) is 5.75 Å². The number of carbonyl (C=O) groups is 1. The summed E-state index contributed by atoms with van der Waals surface area (Å²) in [4.78, 5) is 13.7. The molecule has 1 heterocycles. The second-order valence-electron chi connectivity index (χ2n) is 6.34. The fourth-order valence-corrected chi connectivity index (χ4v) is 4.08. The van der Waals surface area contributed by atoms with Crippen LogP contribution >= 0.6 is 11.3 Å². The SMILES string of the molecule is CCCCOc1ccc(NC(=O)c2sc3ccccc3c2CCC)cc1. The Labute approximate surface area is 159 Å². The van der Waals surface area contributed by atoms with E-state index in [0.29, 0.717) is 0 Å². The van der Waals surface area contributed by atoms with Crippen LogP contribution < -0.4 is 10.1 Å². The summed E-state index contributed by atoms with van der Waals surface area (Å²) in [5.41, 5.74) is 1.95. The maximum absolute atomic E-state index is 12.8. The number of unbranched alkanes of at least 4 members (excludes halogenated alkanes) is 1. The number of ether oxygens (including phenoxy) is 1. The highest BCUT2D eigenvalue weighted by atomic mass is 32.1. The van der Waals surface area contributed by atoms with E-state index in [1.165, 1.54) is 10.1 Å². The van der Waals surface area contributed by atoms with Gasteiger partial charge in [0.15, 0.2) is 0 Å². The molecule has 1 amide bonds. The molecule has 0 aliphatic rings. The van der Waals surface area contributed by atoms with E-state index in [4.69, 9.17) is 4.74 Å². The molecule has 1 aromatic heterocycles. The average Bonchev–Trinajstić information content (AvgIpc) is 3.03. The third-order valence-corrected chi connectivity index (χ3v) is 5.50. The molecular weight excluding hydrogens is 342 g/mol. The predicted molar refractivity (Wildman–Crippen MR) is 111 cm³/mol. The number of hydrogen-bond acceptors (Lipinski definition) is 3. The lowest BCUT2D eigenvalue weighted by molar-refractivity contribution is 0.103. The van der Waals surface area contributed by atoms with E-state index in [1.807, 2.05) is 36.4 Å². The van der Waals surface area contributed by atoms with Gasteiger partial charge in [0.2, 0.25) is 0 Å². The van der Waals surface area contributed by atoms with Crippen LogP contribution in [-0.4, -0.2) is 12.5 Å². The van der Waals surface area contributed by atoms with Crippen molar-refractivity contribution in [1.82, 2.24) is 0 Å². The van der Waals surface area contributed by atoms with Crippen LogP contribution in [0.2, 0.25) is 0 Å². The van der Waals surface area contributed by atoms with Crippen LogP contribution in [0, 0.1) is 0 Å². The van der Waals surface area contributed by atoms with Crippen molar-refractivity contribution in [3.63, 3.8) is 0 Å². The summed E-state index contributed by atoms with van der Waals surface area (Å²) < 4.78 is 6.84. The summed E-state index contributed by atoms with van der Waals surface area (Å²) in [6, 6.07) is 15.8. The van der Waals surface area contributed by atoms with Gasteiger partial charge in [0, 0.05) is 10.4 Å². The number of hydrogen-bond donors (Lipinski definition) is 1. The summed E-state index contributed by atoms with van der Waals surface area (Å²) >= 11 is 1.57. The Hall–Kier alpha value is -2.33. The van der Waals surface area contributed by atoms with Crippen LogP contribution in [-0.2, 0) is 6.42 Å². The minimum absolute atomic E-state index is 0.0331. The lowest BCUT2D eigenvalue weighted by atomic mass is 10.1. The molecule has 0 bridgehead atoms. The Morgan fingerprint density at radius 1 is 1.04 bits per heavy atom. The molecule has 0 saturated carbocycles. The molecule has 0 saturated heterocycles. The molecule has 2 aromatic carbocycles. The molecule has 0 aliphatic carbocycles. The van der Waals surface area contributed by atoms with Crippen LogP contribution in [0.4, 0.5) is 5.69 Å². The minimum Gasteiger partial charge on any atom is -0.494 e. The maximum atomic E-state index is 12.8. The second kappa shape index (κ2) is 8.86. The Balaban J connectivity index is 1.75. The van der Waals surface area contributed by atoms with Crippen LogP contribution in [0.25, 0.3) is 10.1 Å². The predicted octanol–water partition coefficient (Wildman–Crippen LogP) is 6.29. The monoisotopic (exact) mass is 367 g/mol. The van der Waals surface area contributed by atoms with Gasteiger partial charge in [-0.15, -0.1) is 11.3 Å². The molecule has 0 atom stereocenters. The molecule has 3 nitrogen and oxygen atoms in total. The first-order valence-electron chi connectivity index (χ1n) is 9.27. The maximum Gasteiger partial charge on any atom is 0.266 e. The largest absolute Gasteiger partial charge is 0.494 e. The normalized spacial score (nSPS) is 10.8. The average molecular weight is 368 g/mol. The molecule has 0 aliphatic heterocycles. The van der Waals surface area contributed by atoms with Crippen molar-refractivity contribution < 1.29 is 9.53 Å². The summed E-state index contributed by atoms with van der Waals surface area (Å²) in [6.45, 7) is 5.01. The first-order chi connectivity index (χ1) is 12.7. The molecule has 26 heavy (non-hydrogen) atoms. The summed E-state index contributed by atoms with van der Waals surface area (Å²) in [5.74, 6) is 0.805. The number of benzene rings is 2. The number of fused-ring (bicyclic) bond motifs is 1. The molecule has 0 spiro atoms. The zero-order valence-electron chi connectivity index (χ0n) is 15.4. The zero-order valence-corrected chi connectivity index (χ0v) is 16.2. The first-order valence-corrected chi connectivity index (χ1v) is 10.1. The lowest BCUT2D eigenvalue weighted by Gasteiger charge is -2.08. The zero-order chi connectivity index (χ0) is 18.4. The van der Waals surface area contributed by atoms with Crippen molar-refractivity contribution in [1.29, 1.82) is 0 Å². The highest BCUT2D eigenvalue weighted by Crippen LogP contribution is 2.33. The van der Waals surface area contributed by atoms with Crippen molar-refractivity contribution in [2.24, 2.45) is 0 Å². The van der Waals surface area contributed by atoms with Crippen molar-refractivity contribution in [3.05, 3.63) is 59.0 Å². The smallest absolute Gasteiger partial charge is 0.266 e. The Morgan fingerprint density at radius 3 is 2.54 bits per heavy atom. The molecule has 4 heteroatoms. The summed E-state index contributed by atoms with van der Waals surface area (Å²) in [7, 11) is 0. The van der Waals surface area contributed by atoms with Gasteiger partial charge in [0.1, 0.15) is 5.75 Å². The number of thiophene rings is 1. The summed E-state index contributed by atoms with van der Waals surface area (Å²) in [5, 5.41) is 4.23. The molecule has 0 radical (unpaired) electrons. The number of aryl methyl sites for hydroxylation is 1. The Kier molecular flexibility index (Phi) is 6.29. The van der Waals surface area contributed by atoms with Crippen LogP contribution in [0.15, 0.2) is 48.5 Å². The van der Waals surface area contributed by atoms with Gasteiger partial charge in [-0.1, -0.05) is 44.9 Å². The topological polar surface area (TPSA) is 38.3 Å². The van der Waals surface area contributed by atoms with Gasteiger partial charge in [0.05, 0.1) is 11.5 Å². The summed E-state index contributed by atoms with van der Waals surface area (Å²) in [6.07, 6.45) is 4.09. The Bertz CT molecular complexity index is 867. The molecule has 3 rings (SSSR count). The Morgan fingerprint density at radius 2 is 1.81 bits per heavy atom. The second-order valence-corrected chi connectivity index (χ2v) is 7.39. The molecule has 1 N–H and O–H groups in total. The van der Waals surface area contributed by atoms with E-state index in [2.05, 4.69) is 31.3 Å². The van der Waals surface area contributed by atoms with Gasteiger partial charge >= 0.3 is 0 Å². The van der Waals surface area contributed by atoms with Crippen molar-refractivity contribution in [3.8, 4) is 5.75 Å². The molecular formula is C22H25NO2S. The van der Waals surface area contributed by atoms with Gasteiger partial charge in [-0.05, 0) is 54.1 Å². The first kappa shape index (κ1) is 18.5. The van der Waals surface area contributed by atoms with Crippen molar-refractivity contribution in [2.45, 2.75) is 39.5 Å². The van der Waals surface area contributed by atoms with E-state index < -0.39 is 0 Å². The van der Waals surface area contributed by atoms with Gasteiger partial charge in [-0.2, -0.15) is 0 Å². The van der Waals surface area contributed by atoms with E-state index in [0.717, 1.165) is 54.2 Å². The van der Waals surface area contributed by atoms with Gasteiger partial charge in [-0.3, -0.25) is 4.79 Å². The number of carbonyl (C=O) groups excluding carboxylic acids is 1. The third-order valence-electron chi connectivity index (χ3n) is 4.28. The van der Waals surface area contributed by atoms with Gasteiger partial charge in [0.25, 0.3) is 5.91 Å². The molecule has 3 aromatic rings. The number of anilines is 1. The highest BCUT2D eigenvalue weighted by Gasteiger charge is 2.17. The molecule has 136 valence electrons. The van der Waals surface area contributed by atoms with E-state index in [9.17, 15) is 4.79 Å². The quantitative estimate of drug-likeness (QED) is 0.475. The fourth-order valence-electron chi connectivity index (χ4n) is 2.94. The molecule has 0 unspecified atom stereocenters. The lowest BCUT2D eigenvalue weighted by Crippen LogP contribution is -2.12. The number of nitrogens with one attached hydrogen (secondary N) is 1. The standard InChI is InChI=1S/C22H25NO2S/c1-3-5-15-25-17-13-11-16(12-14-17)23-22(24)21-19(8-4-2)18-9-6-7-10-20(18)26-21/h6-7,9-14H,3-5,8,15H2,1-2H3,(H,23,24). The van der Waals surface area contributed by atoms with E-state index in [-0.39, 0.29) is 5.91 Å². The van der Waals surface area contributed by atoms with E-state index in [1.54, 1.807) is 11.3 Å². The van der Waals surface area contributed by atoms with Crippen molar-refractivity contribution >= 4 is 33.0 Å². The molecule has 0 fully saturated rings. The van der Waals surface area contributed by atoms with Crippen LogP contribution in [0.1, 0.15) is 48.3 Å². The van der Waals surface area contributed by atoms with Crippen LogP contribution in [0.3, 0.4) is 0 Å². The highest BCUT2D eigenvalue weighted by molar-refractivity contribution is 7.21. The van der Waals surface area contributed by atoms with E-state index >= 15 is 0 Å². The number of rotatable bonds is 8. The fraction of sp³-hybridized carbons (Fsp3) is 0.318. The van der Waals surface area contributed by atoms with Gasteiger partial charge < -0.3 is 10.1 Å². The third kappa shape index (κ3) is 4.25. The number of amides is 1. The van der Waals surface area contributed by atoms with Gasteiger partial charge in [-0.25, -0.2) is 0 Å². The van der Waals surface area contributed by atoms with Crippen molar-refractivity contribution in [2.75, 3.05) is 11.9 Å². The minimum atomic E-state index is -0.0331.